The summed E-state index contributed by atoms with van der Waals surface area (Å²) in [7, 11) is 0. The Labute approximate surface area is 186 Å². The van der Waals surface area contributed by atoms with Crippen molar-refractivity contribution in [3.05, 3.63) is 94.3 Å². The summed E-state index contributed by atoms with van der Waals surface area (Å²) in [6, 6.07) is 23.2. The van der Waals surface area contributed by atoms with Gasteiger partial charge in [0.25, 0.3) is 0 Å². The Balaban J connectivity index is 1.57. The lowest BCUT2D eigenvalue weighted by Gasteiger charge is -2.19. The average Bonchev–Trinajstić information content (AvgIpc) is 3.41. The van der Waals surface area contributed by atoms with E-state index in [9.17, 15) is 0 Å². The highest BCUT2D eigenvalue weighted by molar-refractivity contribution is 7.98. The predicted molar refractivity (Wildman–Crippen MR) is 130 cm³/mol. The second kappa shape index (κ2) is 9.02. The molecule has 2 aromatic carbocycles. The highest BCUT2D eigenvalue weighted by Crippen LogP contribution is 2.28. The monoisotopic (exact) mass is 431 g/mol. The molecule has 0 fully saturated rings. The van der Waals surface area contributed by atoms with Crippen LogP contribution in [0.2, 0.25) is 0 Å². The zero-order valence-corrected chi connectivity index (χ0v) is 19.1. The van der Waals surface area contributed by atoms with Crippen LogP contribution in [-0.2, 0) is 11.2 Å². The molecule has 4 rings (SSSR count). The quantitative estimate of drug-likeness (QED) is 0.241. The van der Waals surface area contributed by atoms with Crippen molar-refractivity contribution in [2.24, 2.45) is 5.10 Å². The molecule has 0 unspecified atom stereocenters. The number of hydrogen-bond donors (Lipinski definition) is 0. The van der Waals surface area contributed by atoms with Crippen molar-refractivity contribution in [1.82, 2.24) is 9.66 Å². The molecule has 0 amide bonds. The number of hydrogen-bond acceptors (Lipinski definition) is 4. The third kappa shape index (κ3) is 5.10. The van der Waals surface area contributed by atoms with Crippen molar-refractivity contribution in [2.45, 2.75) is 37.1 Å². The van der Waals surface area contributed by atoms with Gasteiger partial charge in [-0.15, -0.1) is 11.3 Å². The molecule has 0 saturated carbocycles. The third-order valence-electron chi connectivity index (χ3n) is 4.77. The number of thiophene rings is 1. The number of nitrogens with zero attached hydrogens (tertiary/aromatic N) is 3. The van der Waals surface area contributed by atoms with Crippen LogP contribution < -0.4 is 0 Å². The van der Waals surface area contributed by atoms with Crippen LogP contribution in [-0.4, -0.2) is 15.9 Å². The Morgan fingerprint density at radius 3 is 2.43 bits per heavy atom. The minimum absolute atomic E-state index is 0.170. The lowest BCUT2D eigenvalue weighted by atomic mass is 9.87. The average molecular weight is 432 g/mol. The van der Waals surface area contributed by atoms with E-state index >= 15 is 0 Å². The first kappa shape index (κ1) is 20.6. The summed E-state index contributed by atoms with van der Waals surface area (Å²) in [5.74, 6) is 0.851. The first-order valence-electron chi connectivity index (χ1n) is 9.94. The van der Waals surface area contributed by atoms with E-state index in [4.69, 9.17) is 4.98 Å². The first-order valence-corrected chi connectivity index (χ1v) is 11.8. The van der Waals surface area contributed by atoms with E-state index in [1.165, 1.54) is 11.1 Å². The molecule has 0 spiro atoms. The van der Waals surface area contributed by atoms with Gasteiger partial charge in [0.05, 0.1) is 18.1 Å². The predicted octanol–water partition coefficient (Wildman–Crippen LogP) is 7.08. The molecule has 0 atom stereocenters. The summed E-state index contributed by atoms with van der Waals surface area (Å²) in [5.41, 5.74) is 4.84. The van der Waals surface area contributed by atoms with Gasteiger partial charge in [-0.05, 0) is 28.0 Å². The van der Waals surface area contributed by atoms with Gasteiger partial charge < -0.3 is 0 Å². The molecule has 0 saturated heterocycles. The van der Waals surface area contributed by atoms with Gasteiger partial charge in [-0.1, -0.05) is 93.2 Å². The summed E-state index contributed by atoms with van der Waals surface area (Å²) in [6.45, 7) is 6.72. The maximum Gasteiger partial charge on any atom is 0.189 e. The standard InChI is InChI=1S/C25H25N3S2/c1-25(2,3)21-13-11-19(12-14-21)18-30-24-27-23(20-8-5-4-6-9-20)17-28(24)26-16-22-10-7-15-29-22/h4-17H,18H2,1-3H3. The molecule has 4 aromatic rings. The fourth-order valence-electron chi connectivity index (χ4n) is 3.02. The van der Waals surface area contributed by atoms with Gasteiger partial charge in [0, 0.05) is 16.2 Å². The van der Waals surface area contributed by atoms with Crippen molar-refractivity contribution in [1.29, 1.82) is 0 Å². The number of benzene rings is 2. The van der Waals surface area contributed by atoms with Gasteiger partial charge in [0.1, 0.15) is 0 Å². The fraction of sp³-hybridized carbons (Fsp3) is 0.200. The molecular weight excluding hydrogens is 406 g/mol. The lowest BCUT2D eigenvalue weighted by molar-refractivity contribution is 0.590. The maximum absolute atomic E-state index is 4.87. The van der Waals surface area contributed by atoms with Crippen LogP contribution >= 0.6 is 23.1 Å². The summed E-state index contributed by atoms with van der Waals surface area (Å²) in [4.78, 5) is 5.99. The van der Waals surface area contributed by atoms with Gasteiger partial charge >= 0.3 is 0 Å². The molecular formula is C25H25N3S2. The molecule has 2 heterocycles. The largest absolute Gasteiger partial charge is 0.221 e. The van der Waals surface area contributed by atoms with Crippen LogP contribution in [0.1, 0.15) is 36.8 Å². The smallest absolute Gasteiger partial charge is 0.189 e. The molecule has 0 N–H and O–H groups in total. The molecule has 0 aliphatic heterocycles. The van der Waals surface area contributed by atoms with Crippen molar-refractivity contribution < 1.29 is 0 Å². The molecule has 0 radical (unpaired) electrons. The van der Waals surface area contributed by atoms with Crippen LogP contribution in [0.4, 0.5) is 0 Å². The summed E-state index contributed by atoms with van der Waals surface area (Å²) >= 11 is 3.38. The van der Waals surface area contributed by atoms with Crippen LogP contribution in [0.25, 0.3) is 11.3 Å². The number of imidazole rings is 1. The van der Waals surface area contributed by atoms with Crippen molar-refractivity contribution in [3.8, 4) is 11.3 Å². The molecule has 152 valence electrons. The van der Waals surface area contributed by atoms with Gasteiger partial charge in [0.2, 0.25) is 0 Å². The van der Waals surface area contributed by atoms with E-state index in [-0.39, 0.29) is 5.41 Å². The second-order valence-corrected chi connectivity index (χ2v) is 10.0. The number of thioether (sulfide) groups is 1. The Kier molecular flexibility index (Phi) is 6.21. The molecule has 5 heteroatoms. The Morgan fingerprint density at radius 1 is 1.00 bits per heavy atom. The molecule has 0 bridgehead atoms. The second-order valence-electron chi connectivity index (χ2n) is 8.11. The maximum atomic E-state index is 4.87. The SMILES string of the molecule is CC(C)(C)c1ccc(CSc2nc(-c3ccccc3)cn2N=Cc2cccs2)cc1. The molecule has 3 nitrogen and oxygen atoms in total. The molecule has 0 aliphatic rings. The van der Waals surface area contributed by atoms with E-state index in [1.54, 1.807) is 23.1 Å². The van der Waals surface area contributed by atoms with Crippen LogP contribution in [0.3, 0.4) is 0 Å². The molecule has 30 heavy (non-hydrogen) atoms. The normalized spacial score (nSPS) is 12.0. The van der Waals surface area contributed by atoms with Gasteiger partial charge in [-0.2, -0.15) is 5.10 Å². The molecule has 2 aromatic heterocycles. The first-order chi connectivity index (χ1) is 14.5. The van der Waals surface area contributed by atoms with E-state index in [1.807, 2.05) is 41.4 Å². The third-order valence-corrected chi connectivity index (χ3v) is 6.59. The summed E-state index contributed by atoms with van der Waals surface area (Å²) in [6.07, 6.45) is 3.90. The van der Waals surface area contributed by atoms with Crippen LogP contribution in [0, 0.1) is 0 Å². The van der Waals surface area contributed by atoms with Crippen molar-refractivity contribution >= 4 is 29.3 Å². The van der Waals surface area contributed by atoms with E-state index in [2.05, 4.69) is 73.7 Å². The zero-order valence-electron chi connectivity index (χ0n) is 17.4. The zero-order chi connectivity index (χ0) is 21.0. The Bertz CT molecular complexity index is 1100. The number of aromatic nitrogens is 2. The summed E-state index contributed by atoms with van der Waals surface area (Å²) < 4.78 is 1.89. The summed E-state index contributed by atoms with van der Waals surface area (Å²) in [5, 5.41) is 7.62. The van der Waals surface area contributed by atoms with Crippen molar-refractivity contribution in [2.75, 3.05) is 0 Å². The van der Waals surface area contributed by atoms with Gasteiger partial charge in [0.15, 0.2) is 5.16 Å². The van der Waals surface area contributed by atoms with Gasteiger partial charge in [-0.3, -0.25) is 0 Å². The van der Waals surface area contributed by atoms with Crippen LogP contribution in [0.15, 0.2) is 88.6 Å². The van der Waals surface area contributed by atoms with E-state index in [0.29, 0.717) is 0 Å². The fourth-order valence-corrected chi connectivity index (χ4v) is 4.48. The highest BCUT2D eigenvalue weighted by atomic mass is 32.2. The Morgan fingerprint density at radius 2 is 1.77 bits per heavy atom. The van der Waals surface area contributed by atoms with E-state index in [0.717, 1.165) is 27.0 Å². The minimum atomic E-state index is 0.170. The van der Waals surface area contributed by atoms with E-state index < -0.39 is 0 Å². The number of rotatable bonds is 6. The highest BCUT2D eigenvalue weighted by Gasteiger charge is 2.14. The minimum Gasteiger partial charge on any atom is -0.221 e. The van der Waals surface area contributed by atoms with Crippen molar-refractivity contribution in [3.63, 3.8) is 0 Å². The molecule has 0 aliphatic carbocycles. The topological polar surface area (TPSA) is 30.2 Å². The lowest BCUT2D eigenvalue weighted by Crippen LogP contribution is -2.10. The van der Waals surface area contributed by atoms with Crippen LogP contribution in [0.5, 0.6) is 0 Å². The van der Waals surface area contributed by atoms with Gasteiger partial charge in [-0.25, -0.2) is 9.66 Å². The Hall–Kier alpha value is -2.63.